The molecule has 98 valence electrons. The zero-order valence-corrected chi connectivity index (χ0v) is 11.1. The molecule has 1 aromatic rings. The van der Waals surface area contributed by atoms with Crippen molar-refractivity contribution in [2.45, 2.75) is 32.4 Å². The van der Waals surface area contributed by atoms with Crippen LogP contribution in [0.3, 0.4) is 0 Å². The number of nitrogens with zero attached hydrogens (tertiary/aromatic N) is 1. The molecular weight excluding hydrogens is 224 g/mol. The molecule has 1 saturated heterocycles. The molecule has 0 amide bonds. The second kappa shape index (κ2) is 5.29. The maximum absolute atomic E-state index is 5.51. The van der Waals surface area contributed by atoms with Crippen LogP contribution in [0, 0.1) is 0 Å². The fourth-order valence-electron chi connectivity index (χ4n) is 2.95. The fourth-order valence-corrected chi connectivity index (χ4v) is 2.95. The van der Waals surface area contributed by atoms with Crippen LogP contribution in [0.5, 0.6) is 0 Å². The molecule has 1 atom stereocenters. The van der Waals surface area contributed by atoms with Gasteiger partial charge in [-0.05, 0) is 37.0 Å². The van der Waals surface area contributed by atoms with Crippen molar-refractivity contribution in [1.29, 1.82) is 0 Å². The van der Waals surface area contributed by atoms with Crippen LogP contribution in [0.1, 0.15) is 24.5 Å². The van der Waals surface area contributed by atoms with E-state index in [1.54, 1.807) is 0 Å². The fraction of sp³-hybridized carbons (Fsp3) is 0.600. The lowest BCUT2D eigenvalue weighted by Crippen LogP contribution is -2.43. The molecule has 1 unspecified atom stereocenters. The molecule has 3 heteroatoms. The van der Waals surface area contributed by atoms with Crippen LogP contribution in [-0.2, 0) is 17.7 Å². The summed E-state index contributed by atoms with van der Waals surface area (Å²) >= 11 is 0. The lowest BCUT2D eigenvalue weighted by atomic mass is 9.97. The van der Waals surface area contributed by atoms with Crippen LogP contribution in [0.4, 0.5) is 5.69 Å². The molecule has 0 saturated carbocycles. The van der Waals surface area contributed by atoms with Gasteiger partial charge in [-0.25, -0.2) is 0 Å². The van der Waals surface area contributed by atoms with E-state index < -0.39 is 0 Å². The first-order valence-electron chi connectivity index (χ1n) is 7.01. The first-order chi connectivity index (χ1) is 8.84. The van der Waals surface area contributed by atoms with Crippen LogP contribution in [-0.4, -0.2) is 37.2 Å². The summed E-state index contributed by atoms with van der Waals surface area (Å²) in [5.41, 5.74) is 4.37. The minimum Gasteiger partial charge on any atom is -0.385 e. The van der Waals surface area contributed by atoms with Crippen molar-refractivity contribution >= 4 is 5.69 Å². The number of hydrogen-bond acceptors (Lipinski definition) is 3. The van der Waals surface area contributed by atoms with Crippen molar-refractivity contribution < 1.29 is 4.74 Å². The maximum Gasteiger partial charge on any atom is 0.0619 e. The van der Waals surface area contributed by atoms with Gasteiger partial charge in [0.15, 0.2) is 0 Å². The van der Waals surface area contributed by atoms with Crippen LogP contribution >= 0.6 is 0 Å². The minimum atomic E-state index is 0.533. The third-order valence-corrected chi connectivity index (χ3v) is 4.07. The zero-order chi connectivity index (χ0) is 12.4. The number of benzene rings is 1. The monoisotopic (exact) mass is 246 g/mol. The number of hydrogen-bond donors (Lipinski definition) is 1. The molecule has 1 fully saturated rings. The summed E-state index contributed by atoms with van der Waals surface area (Å²) in [7, 11) is 0. The van der Waals surface area contributed by atoms with E-state index in [9.17, 15) is 0 Å². The van der Waals surface area contributed by atoms with E-state index in [-0.39, 0.29) is 0 Å². The molecule has 2 aliphatic heterocycles. The smallest absolute Gasteiger partial charge is 0.0619 e. The molecule has 3 nitrogen and oxygen atoms in total. The lowest BCUT2D eigenvalue weighted by Gasteiger charge is -2.34. The summed E-state index contributed by atoms with van der Waals surface area (Å²) in [6, 6.07) is 7.21. The molecule has 1 aromatic carbocycles. The molecule has 0 bridgehead atoms. The Morgan fingerprint density at radius 1 is 1.44 bits per heavy atom. The Kier molecular flexibility index (Phi) is 3.52. The predicted octanol–water partition coefficient (Wildman–Crippen LogP) is 2.27. The van der Waals surface area contributed by atoms with E-state index in [0.717, 1.165) is 32.8 Å². The van der Waals surface area contributed by atoms with Crippen molar-refractivity contribution in [2.24, 2.45) is 0 Å². The topological polar surface area (TPSA) is 24.5 Å². The molecule has 0 radical (unpaired) electrons. The van der Waals surface area contributed by atoms with Crippen molar-refractivity contribution in [3.05, 3.63) is 29.3 Å². The number of morpholine rings is 1. The second-order valence-corrected chi connectivity index (χ2v) is 5.37. The molecule has 3 rings (SSSR count). The van der Waals surface area contributed by atoms with Gasteiger partial charge < -0.3 is 10.1 Å². The van der Waals surface area contributed by atoms with Gasteiger partial charge in [0.05, 0.1) is 13.2 Å². The van der Waals surface area contributed by atoms with Gasteiger partial charge in [0, 0.05) is 31.4 Å². The second-order valence-electron chi connectivity index (χ2n) is 5.37. The largest absolute Gasteiger partial charge is 0.385 e. The number of anilines is 1. The summed E-state index contributed by atoms with van der Waals surface area (Å²) in [5, 5.41) is 3.51. The van der Waals surface area contributed by atoms with Crippen LogP contribution < -0.4 is 5.32 Å². The Bertz CT molecular complexity index is 419. The zero-order valence-electron chi connectivity index (χ0n) is 11.1. The van der Waals surface area contributed by atoms with Gasteiger partial charge in [0.25, 0.3) is 0 Å². The molecule has 1 N–H and O–H groups in total. The number of nitrogens with one attached hydrogen (secondary N) is 1. The minimum absolute atomic E-state index is 0.533. The van der Waals surface area contributed by atoms with Gasteiger partial charge >= 0.3 is 0 Å². The van der Waals surface area contributed by atoms with Gasteiger partial charge in [0.2, 0.25) is 0 Å². The van der Waals surface area contributed by atoms with Crippen molar-refractivity contribution in [3.8, 4) is 0 Å². The average molecular weight is 246 g/mol. The molecule has 18 heavy (non-hydrogen) atoms. The molecular formula is C15H22N2O. The normalized spacial score (nSPS) is 24.4. The lowest BCUT2D eigenvalue weighted by molar-refractivity contribution is -0.00447. The molecule has 0 aromatic heterocycles. The van der Waals surface area contributed by atoms with Crippen molar-refractivity contribution in [2.75, 3.05) is 31.6 Å². The van der Waals surface area contributed by atoms with Gasteiger partial charge in [0.1, 0.15) is 0 Å². The summed E-state index contributed by atoms with van der Waals surface area (Å²) < 4.78 is 5.51. The number of ether oxygens (including phenoxy) is 1. The van der Waals surface area contributed by atoms with Gasteiger partial charge in [-0.2, -0.15) is 0 Å². The first-order valence-corrected chi connectivity index (χ1v) is 7.01. The van der Waals surface area contributed by atoms with Gasteiger partial charge in [-0.1, -0.05) is 12.1 Å². The molecule has 0 spiro atoms. The Morgan fingerprint density at radius 2 is 2.39 bits per heavy atom. The number of fused-ring (bicyclic) bond motifs is 1. The highest BCUT2D eigenvalue weighted by molar-refractivity contribution is 5.56. The van der Waals surface area contributed by atoms with Crippen LogP contribution in [0.2, 0.25) is 0 Å². The predicted molar refractivity (Wildman–Crippen MR) is 73.9 cm³/mol. The molecule has 2 aliphatic rings. The maximum atomic E-state index is 5.51. The number of rotatable bonds is 2. The molecule has 0 aliphatic carbocycles. The van der Waals surface area contributed by atoms with E-state index in [2.05, 4.69) is 35.3 Å². The average Bonchev–Trinajstić information content (AvgIpc) is 2.42. The van der Waals surface area contributed by atoms with E-state index in [4.69, 9.17) is 4.74 Å². The summed E-state index contributed by atoms with van der Waals surface area (Å²) in [6.07, 6.45) is 2.47. The Hall–Kier alpha value is -1.06. The third-order valence-electron chi connectivity index (χ3n) is 4.07. The van der Waals surface area contributed by atoms with E-state index >= 15 is 0 Å². The summed E-state index contributed by atoms with van der Waals surface area (Å²) in [4.78, 5) is 2.54. The Morgan fingerprint density at radius 3 is 3.28 bits per heavy atom. The highest BCUT2D eigenvalue weighted by Gasteiger charge is 2.21. The van der Waals surface area contributed by atoms with Crippen molar-refractivity contribution in [3.63, 3.8) is 0 Å². The first kappa shape index (κ1) is 12.0. The van der Waals surface area contributed by atoms with E-state index in [1.807, 2.05) is 0 Å². The van der Waals surface area contributed by atoms with Gasteiger partial charge in [-0.15, -0.1) is 0 Å². The quantitative estimate of drug-likeness (QED) is 0.866. The van der Waals surface area contributed by atoms with Gasteiger partial charge in [-0.3, -0.25) is 4.90 Å². The Balaban J connectivity index is 1.79. The third kappa shape index (κ3) is 2.38. The molecule has 2 heterocycles. The standard InChI is InChI=1S/C15H22N2O/c1-12-11-18-9-8-17(12)10-13-4-2-6-15-14(13)5-3-7-16-15/h2,4,6,12,16H,3,5,7-11H2,1H3. The van der Waals surface area contributed by atoms with Crippen LogP contribution in [0.15, 0.2) is 18.2 Å². The van der Waals surface area contributed by atoms with Crippen LogP contribution in [0.25, 0.3) is 0 Å². The SMILES string of the molecule is CC1COCCN1Cc1cccc2c1CCCN2. The highest BCUT2D eigenvalue weighted by atomic mass is 16.5. The van der Waals surface area contributed by atoms with E-state index in [1.165, 1.54) is 29.7 Å². The Labute approximate surface area is 109 Å². The summed E-state index contributed by atoms with van der Waals surface area (Å²) in [5.74, 6) is 0. The highest BCUT2D eigenvalue weighted by Crippen LogP contribution is 2.26. The summed E-state index contributed by atoms with van der Waals surface area (Å²) in [6.45, 7) is 7.23. The van der Waals surface area contributed by atoms with Crippen molar-refractivity contribution in [1.82, 2.24) is 4.90 Å². The van der Waals surface area contributed by atoms with E-state index in [0.29, 0.717) is 6.04 Å².